The van der Waals surface area contributed by atoms with Gasteiger partial charge in [-0.15, -0.1) is 46.1 Å². The van der Waals surface area contributed by atoms with Crippen LogP contribution in [0.5, 0.6) is 0 Å². The molecule has 24 nitrogen and oxygen atoms in total. The van der Waals surface area contributed by atoms with Crippen molar-refractivity contribution in [1.29, 1.82) is 0 Å². The zero-order chi connectivity index (χ0) is 59.4. The highest BCUT2D eigenvalue weighted by Gasteiger charge is 2.18. The van der Waals surface area contributed by atoms with E-state index in [1.807, 2.05) is 53.3 Å². The highest BCUT2D eigenvalue weighted by molar-refractivity contribution is 5.00. The van der Waals surface area contributed by atoms with Crippen LogP contribution < -0.4 is 0 Å². The molecule has 0 atom stereocenters. The fraction of sp³-hybridized carbons (Fsp3) is 0.724. The molecular weight excluding hydrogens is 1040 g/mol. The number of aromatic nitrogens is 12. The lowest BCUT2D eigenvalue weighted by Gasteiger charge is -2.25. The molecule has 0 saturated carbocycles. The molecule has 4 aromatic rings. The van der Waals surface area contributed by atoms with E-state index in [0.29, 0.717) is 118 Å². The standard InChI is InChI=1S/C38H68N14O4.C14H16N2.C6H13N3O/c1-5-9-19-53-23-15-49-31-35(39-43-49)27-47(28-36-32-50(44-40-36)16-24-54-20-10-6-2)13-14-48(29-37-33-51(45-41-37)17-25-55-21-11-7-3)30-38-34-52(46-42-38)18-26-56-22-12-8-4;1-5-9-15(10-6-2)13-14-16(11-7-3)12-8-4;1-2-3-5-10-6-4-8-9-7/h31-34H,5-30H2,1-4H3;1-4H,9-14H2;2-6H2,1H3. The molecule has 0 unspecified atom stereocenters. The first-order valence-electron chi connectivity index (χ1n) is 29.4. The lowest BCUT2D eigenvalue weighted by atomic mass is 10.3. The van der Waals surface area contributed by atoms with Gasteiger partial charge in [-0.2, -0.15) is 0 Å². The molecule has 0 aliphatic heterocycles. The molecule has 0 spiro atoms. The summed E-state index contributed by atoms with van der Waals surface area (Å²) in [4.78, 5) is 11.3. The maximum atomic E-state index is 7.87. The van der Waals surface area contributed by atoms with Gasteiger partial charge in [0.1, 0.15) is 0 Å². The van der Waals surface area contributed by atoms with Crippen molar-refractivity contribution in [2.75, 3.05) is 125 Å². The van der Waals surface area contributed by atoms with Crippen molar-refractivity contribution in [3.8, 4) is 49.4 Å². The first-order chi connectivity index (χ1) is 40.3. The molecule has 0 radical (unpaired) electrons. The summed E-state index contributed by atoms with van der Waals surface area (Å²) in [5.74, 6) is 10.3. The number of unbranched alkanes of at least 4 members (excludes halogenated alkanes) is 5. The van der Waals surface area contributed by atoms with Crippen LogP contribution in [0.25, 0.3) is 10.4 Å². The molecule has 0 aliphatic rings. The van der Waals surface area contributed by atoms with Crippen LogP contribution in [0.15, 0.2) is 29.9 Å². The number of terminal acetylenes is 4. The van der Waals surface area contributed by atoms with E-state index in [-0.39, 0.29) is 0 Å². The molecule has 0 aliphatic carbocycles. The van der Waals surface area contributed by atoms with Crippen molar-refractivity contribution in [3.05, 3.63) is 58.0 Å². The van der Waals surface area contributed by atoms with Crippen LogP contribution in [0.3, 0.4) is 0 Å². The summed E-state index contributed by atoms with van der Waals surface area (Å²) < 4.78 is 35.6. The maximum Gasteiger partial charge on any atom is 0.0967 e. The zero-order valence-corrected chi connectivity index (χ0v) is 50.3. The minimum absolute atomic E-state index is 0.445. The van der Waals surface area contributed by atoms with E-state index in [9.17, 15) is 0 Å². The van der Waals surface area contributed by atoms with Gasteiger partial charge >= 0.3 is 0 Å². The molecule has 24 heteroatoms. The van der Waals surface area contributed by atoms with Crippen molar-refractivity contribution >= 4 is 0 Å². The average molecular weight is 1140 g/mol. The van der Waals surface area contributed by atoms with Crippen LogP contribution in [0, 0.1) is 49.4 Å². The Morgan fingerprint density at radius 3 is 0.915 bits per heavy atom. The van der Waals surface area contributed by atoms with Crippen molar-refractivity contribution in [2.45, 2.75) is 151 Å². The van der Waals surface area contributed by atoms with Gasteiger partial charge < -0.3 is 23.7 Å². The van der Waals surface area contributed by atoms with E-state index < -0.39 is 0 Å². The van der Waals surface area contributed by atoms with Gasteiger partial charge in [-0.05, 0) is 37.6 Å². The van der Waals surface area contributed by atoms with E-state index in [1.54, 1.807) is 0 Å². The summed E-state index contributed by atoms with van der Waals surface area (Å²) in [5.41, 5.74) is 11.4. The van der Waals surface area contributed by atoms with Crippen LogP contribution in [-0.4, -0.2) is 205 Å². The van der Waals surface area contributed by atoms with Gasteiger partial charge in [0.15, 0.2) is 0 Å². The monoisotopic (exact) mass is 1140 g/mol. The smallest absolute Gasteiger partial charge is 0.0967 e. The number of azide groups is 1. The Morgan fingerprint density at radius 2 is 0.671 bits per heavy atom. The van der Waals surface area contributed by atoms with Gasteiger partial charge in [0.25, 0.3) is 0 Å². The van der Waals surface area contributed by atoms with Crippen molar-refractivity contribution in [3.63, 3.8) is 0 Å². The van der Waals surface area contributed by atoms with Crippen molar-refractivity contribution in [1.82, 2.24) is 79.6 Å². The first kappa shape index (κ1) is 71.9. The third kappa shape index (κ3) is 37.0. The van der Waals surface area contributed by atoms with E-state index in [0.717, 1.165) is 146 Å². The molecule has 0 fully saturated rings. The average Bonchev–Trinajstić information content (AvgIpc) is 4.33. The summed E-state index contributed by atoms with van der Waals surface area (Å²) in [5, 5.41) is 38.9. The van der Waals surface area contributed by atoms with Crippen LogP contribution in [-0.2, 0) is 76.0 Å². The molecule has 0 amide bonds. The molecule has 4 rings (SSSR count). The quantitative estimate of drug-likeness (QED) is 0.0156. The molecule has 4 heterocycles. The second-order valence-electron chi connectivity index (χ2n) is 19.3. The Morgan fingerprint density at radius 1 is 0.415 bits per heavy atom. The molecule has 0 N–H and O–H groups in total. The van der Waals surface area contributed by atoms with E-state index in [2.05, 4.69) is 119 Å². The molecule has 0 bridgehead atoms. The van der Waals surface area contributed by atoms with Gasteiger partial charge in [-0.3, -0.25) is 19.6 Å². The second-order valence-corrected chi connectivity index (χ2v) is 19.3. The topological polar surface area (TPSA) is 231 Å². The normalized spacial score (nSPS) is 11.0. The van der Waals surface area contributed by atoms with Gasteiger partial charge in [-0.1, -0.05) is 116 Å². The van der Waals surface area contributed by atoms with Crippen LogP contribution in [0.1, 0.15) is 122 Å². The fourth-order valence-corrected chi connectivity index (χ4v) is 7.46. The summed E-state index contributed by atoms with van der Waals surface area (Å²) >= 11 is 0. The van der Waals surface area contributed by atoms with Crippen LogP contribution in [0.4, 0.5) is 0 Å². The third-order valence-corrected chi connectivity index (χ3v) is 12.1. The predicted octanol–water partition coefficient (Wildman–Crippen LogP) is 6.26. The minimum atomic E-state index is 0.445. The Bertz CT molecular complexity index is 2080. The number of hydrogen-bond donors (Lipinski definition) is 0. The molecule has 454 valence electrons. The summed E-state index contributed by atoms with van der Waals surface area (Å²) in [6, 6.07) is 0. The highest BCUT2D eigenvalue weighted by Crippen LogP contribution is 2.12. The van der Waals surface area contributed by atoms with Gasteiger partial charge in [-0.25, -0.2) is 18.7 Å². The fourth-order valence-electron chi connectivity index (χ4n) is 7.46. The highest BCUT2D eigenvalue weighted by atomic mass is 16.5. The maximum absolute atomic E-state index is 7.87. The Hall–Kier alpha value is -6.25. The number of rotatable bonds is 48. The van der Waals surface area contributed by atoms with E-state index in [4.69, 9.17) is 54.9 Å². The first-order valence-corrected chi connectivity index (χ1v) is 29.4. The van der Waals surface area contributed by atoms with Crippen LogP contribution in [0.2, 0.25) is 0 Å². The molecule has 4 aromatic heterocycles. The Kier molecular flexibility index (Phi) is 44.2. The summed E-state index contributed by atoms with van der Waals surface area (Å²) in [6.07, 6.45) is 39.9. The van der Waals surface area contributed by atoms with Gasteiger partial charge in [0, 0.05) is 122 Å². The minimum Gasteiger partial charge on any atom is -0.381 e. The van der Waals surface area contributed by atoms with Crippen LogP contribution >= 0.6 is 0 Å². The molecular formula is C58H97N19O5. The van der Waals surface area contributed by atoms with E-state index in [1.165, 1.54) is 0 Å². The zero-order valence-electron chi connectivity index (χ0n) is 50.3. The second kappa shape index (κ2) is 50.5. The number of ether oxygens (including phenoxy) is 5. The lowest BCUT2D eigenvalue weighted by Crippen LogP contribution is -2.36. The SMILES string of the molecule is C#CCN(CC#C)CCN(CC#C)CC#C.CCCCOCCN=[N+]=[N-].CCCCOCCn1cc(CN(CCN(Cc2cn(CCOCCCC)nn2)Cc2cn(CCOCCCC)nn2)Cc2cn(CCOCCCC)nn2)nn1. The lowest BCUT2D eigenvalue weighted by molar-refractivity contribution is 0.120. The number of nitrogens with zero attached hydrogens (tertiary/aromatic N) is 19. The third-order valence-electron chi connectivity index (χ3n) is 12.1. The summed E-state index contributed by atoms with van der Waals surface area (Å²) in [6.45, 7) is 28.2. The van der Waals surface area contributed by atoms with E-state index >= 15 is 0 Å². The van der Waals surface area contributed by atoms with Gasteiger partial charge in [0.05, 0.1) is 108 Å². The van der Waals surface area contributed by atoms with Crippen molar-refractivity contribution in [2.24, 2.45) is 5.11 Å². The molecule has 0 aromatic carbocycles. The summed E-state index contributed by atoms with van der Waals surface area (Å²) in [7, 11) is 0. The predicted molar refractivity (Wildman–Crippen MR) is 319 cm³/mol. The molecule has 82 heavy (non-hydrogen) atoms. The number of hydrogen-bond acceptors (Lipinski definition) is 18. The largest absolute Gasteiger partial charge is 0.381 e. The van der Waals surface area contributed by atoms with Gasteiger partial charge in [0.2, 0.25) is 0 Å². The Balaban J connectivity index is 0.000000725. The molecule has 0 saturated heterocycles. The Labute approximate surface area is 490 Å². The van der Waals surface area contributed by atoms with Crippen molar-refractivity contribution < 1.29 is 23.7 Å².